The van der Waals surface area contributed by atoms with Crippen LogP contribution >= 0.6 is 11.3 Å². The summed E-state index contributed by atoms with van der Waals surface area (Å²) in [5, 5.41) is 11.7. The highest BCUT2D eigenvalue weighted by molar-refractivity contribution is 7.13. The van der Waals surface area contributed by atoms with Gasteiger partial charge in [-0.05, 0) is 19.4 Å². The lowest BCUT2D eigenvalue weighted by atomic mass is 10.0. The number of carboxylic acids is 1. The maximum Gasteiger partial charge on any atom is 0.317 e. The van der Waals surface area contributed by atoms with Gasteiger partial charge in [0.2, 0.25) is 0 Å². The number of benzene rings is 1. The van der Waals surface area contributed by atoms with Crippen LogP contribution < -0.4 is 0 Å². The van der Waals surface area contributed by atoms with E-state index in [1.807, 2.05) is 52.4 Å². The molecule has 0 spiro atoms. The van der Waals surface area contributed by atoms with E-state index in [1.165, 1.54) is 11.3 Å². The van der Waals surface area contributed by atoms with E-state index < -0.39 is 5.97 Å². The second-order valence-corrected chi connectivity index (χ2v) is 7.24. The van der Waals surface area contributed by atoms with E-state index in [4.69, 9.17) is 5.11 Å². The fourth-order valence-corrected chi connectivity index (χ4v) is 4.15. The van der Waals surface area contributed by atoms with Crippen molar-refractivity contribution in [3.63, 3.8) is 0 Å². The zero-order valence-electron chi connectivity index (χ0n) is 14.8. The largest absolute Gasteiger partial charge is 0.480 e. The molecule has 138 valence electrons. The second kappa shape index (κ2) is 8.42. The summed E-state index contributed by atoms with van der Waals surface area (Å²) in [6.07, 6.45) is 1.59. The topological polar surface area (TPSA) is 73.7 Å². The number of rotatable bonds is 6. The maximum atomic E-state index is 12.7. The zero-order chi connectivity index (χ0) is 18.5. The minimum atomic E-state index is -0.804. The summed E-state index contributed by atoms with van der Waals surface area (Å²) >= 11 is 1.48. The van der Waals surface area contributed by atoms with Crippen LogP contribution in [0.3, 0.4) is 0 Å². The molecule has 1 amide bonds. The number of nitrogens with zero attached hydrogens (tertiary/aromatic N) is 3. The van der Waals surface area contributed by atoms with Crippen LogP contribution in [0.4, 0.5) is 0 Å². The lowest BCUT2D eigenvalue weighted by molar-refractivity contribution is -0.139. The Hall–Kier alpha value is -2.25. The van der Waals surface area contributed by atoms with Gasteiger partial charge in [-0.1, -0.05) is 37.3 Å². The Bertz CT molecular complexity index is 754. The molecule has 0 bridgehead atoms. The monoisotopic (exact) mass is 373 g/mol. The number of likely N-dealkylation sites (tertiary alicyclic amines) is 1. The molecule has 1 fully saturated rings. The molecule has 0 unspecified atom stereocenters. The minimum absolute atomic E-state index is 0.0387. The first-order valence-electron chi connectivity index (χ1n) is 8.84. The molecule has 1 saturated heterocycles. The van der Waals surface area contributed by atoms with Gasteiger partial charge >= 0.3 is 5.97 Å². The molecule has 0 radical (unpaired) electrons. The lowest BCUT2D eigenvalue weighted by Gasteiger charge is -2.37. The van der Waals surface area contributed by atoms with Crippen molar-refractivity contribution in [3.8, 4) is 10.6 Å². The number of amides is 1. The fourth-order valence-electron chi connectivity index (χ4n) is 3.35. The molecule has 7 heteroatoms. The van der Waals surface area contributed by atoms with E-state index in [0.717, 1.165) is 23.4 Å². The summed E-state index contributed by atoms with van der Waals surface area (Å²) < 4.78 is 0. The Kier molecular flexibility index (Phi) is 6.00. The number of carbonyl (C=O) groups is 2. The average molecular weight is 373 g/mol. The molecule has 26 heavy (non-hydrogen) atoms. The number of aliphatic carboxylic acids is 1. The van der Waals surface area contributed by atoms with Gasteiger partial charge in [0.25, 0.3) is 5.91 Å². The smallest absolute Gasteiger partial charge is 0.317 e. The first-order valence-corrected chi connectivity index (χ1v) is 9.72. The number of thiazole rings is 1. The third kappa shape index (κ3) is 4.28. The Morgan fingerprint density at radius 2 is 1.96 bits per heavy atom. The third-order valence-corrected chi connectivity index (χ3v) is 5.65. The van der Waals surface area contributed by atoms with Crippen LogP contribution in [0.5, 0.6) is 0 Å². The number of hydrogen-bond acceptors (Lipinski definition) is 5. The molecule has 1 aromatic heterocycles. The van der Waals surface area contributed by atoms with Gasteiger partial charge in [0.05, 0.1) is 6.54 Å². The lowest BCUT2D eigenvalue weighted by Crippen LogP contribution is -2.48. The van der Waals surface area contributed by atoms with Crippen molar-refractivity contribution in [1.29, 1.82) is 0 Å². The third-order valence-electron chi connectivity index (χ3n) is 4.76. The van der Waals surface area contributed by atoms with Crippen LogP contribution in [0.2, 0.25) is 0 Å². The van der Waals surface area contributed by atoms with Crippen LogP contribution in [-0.4, -0.2) is 64.0 Å². The normalized spacial score (nSPS) is 15.4. The second-order valence-electron chi connectivity index (χ2n) is 6.38. The molecule has 3 rings (SSSR count). The molecule has 2 aromatic rings. The van der Waals surface area contributed by atoms with Crippen LogP contribution in [0.1, 0.15) is 30.3 Å². The minimum Gasteiger partial charge on any atom is -0.480 e. The van der Waals surface area contributed by atoms with Crippen LogP contribution in [0.25, 0.3) is 10.6 Å². The number of likely N-dealkylation sites (N-methyl/N-ethyl adjacent to an activating group) is 1. The highest BCUT2D eigenvalue weighted by Crippen LogP contribution is 2.25. The highest BCUT2D eigenvalue weighted by atomic mass is 32.1. The van der Waals surface area contributed by atoms with E-state index in [9.17, 15) is 9.59 Å². The van der Waals surface area contributed by atoms with Crippen molar-refractivity contribution in [1.82, 2.24) is 14.8 Å². The highest BCUT2D eigenvalue weighted by Gasteiger charge is 2.28. The molecule has 1 N–H and O–H groups in total. The van der Waals surface area contributed by atoms with E-state index in [1.54, 1.807) is 0 Å². The predicted octanol–water partition coefficient (Wildman–Crippen LogP) is 2.82. The summed E-state index contributed by atoms with van der Waals surface area (Å²) in [5.74, 6) is -0.843. The maximum absolute atomic E-state index is 12.7. The Labute approximate surface area is 157 Å². The summed E-state index contributed by atoms with van der Waals surface area (Å²) in [6, 6.07) is 10.1. The Morgan fingerprint density at radius 3 is 2.58 bits per heavy atom. The van der Waals surface area contributed by atoms with Crippen LogP contribution in [0, 0.1) is 0 Å². The fraction of sp³-hybridized carbons (Fsp3) is 0.421. The molecule has 2 heterocycles. The molecule has 0 aliphatic carbocycles. The number of carbonyl (C=O) groups excluding carboxylic acids is 1. The first-order chi connectivity index (χ1) is 12.6. The van der Waals surface area contributed by atoms with Gasteiger partial charge in [0, 0.05) is 30.1 Å². The summed E-state index contributed by atoms with van der Waals surface area (Å²) in [7, 11) is 0. The number of hydrogen-bond donors (Lipinski definition) is 1. The van der Waals surface area contributed by atoms with Crippen LogP contribution in [-0.2, 0) is 4.79 Å². The van der Waals surface area contributed by atoms with Gasteiger partial charge in [-0.25, -0.2) is 4.98 Å². The zero-order valence-corrected chi connectivity index (χ0v) is 15.6. The Balaban J connectivity index is 1.60. The number of aromatic nitrogens is 1. The standard InChI is InChI=1S/C19H23N3O3S/c1-2-21(12-17(23)24)15-8-10-22(11-9-15)19(25)16-13-26-18(20-16)14-6-4-3-5-7-14/h3-7,13,15H,2,8-12H2,1H3,(H,23,24). The molecule has 0 atom stereocenters. The van der Waals surface area contributed by atoms with Crippen molar-refractivity contribution in [3.05, 3.63) is 41.4 Å². The molecule has 1 aliphatic rings. The van der Waals surface area contributed by atoms with Gasteiger partial charge in [-0.3, -0.25) is 14.5 Å². The van der Waals surface area contributed by atoms with E-state index in [0.29, 0.717) is 25.3 Å². The van der Waals surface area contributed by atoms with Crippen molar-refractivity contribution < 1.29 is 14.7 Å². The van der Waals surface area contributed by atoms with Crippen molar-refractivity contribution >= 4 is 23.2 Å². The summed E-state index contributed by atoms with van der Waals surface area (Å²) in [5.41, 5.74) is 1.51. The van der Waals surface area contributed by atoms with E-state index >= 15 is 0 Å². The van der Waals surface area contributed by atoms with Crippen molar-refractivity contribution in [2.75, 3.05) is 26.2 Å². The van der Waals surface area contributed by atoms with Crippen molar-refractivity contribution in [2.45, 2.75) is 25.8 Å². The van der Waals surface area contributed by atoms with Gasteiger partial charge in [-0.2, -0.15) is 0 Å². The van der Waals surface area contributed by atoms with Gasteiger partial charge < -0.3 is 10.0 Å². The van der Waals surface area contributed by atoms with Crippen LogP contribution in [0.15, 0.2) is 35.7 Å². The first kappa shape index (κ1) is 18.5. The summed E-state index contributed by atoms with van der Waals surface area (Å²) in [6.45, 7) is 4.01. The number of carboxylic acid groups (broad SMARTS) is 1. The SMILES string of the molecule is CCN(CC(=O)O)C1CCN(C(=O)c2csc(-c3ccccc3)n2)CC1. The molecule has 1 aromatic carbocycles. The molecule has 0 saturated carbocycles. The van der Waals surface area contributed by atoms with E-state index in [2.05, 4.69) is 4.98 Å². The molecular formula is C19H23N3O3S. The predicted molar refractivity (Wildman–Crippen MR) is 101 cm³/mol. The molecule has 1 aliphatic heterocycles. The average Bonchev–Trinajstić information content (AvgIpc) is 3.16. The van der Waals surface area contributed by atoms with Crippen molar-refractivity contribution in [2.24, 2.45) is 0 Å². The number of piperidine rings is 1. The van der Waals surface area contributed by atoms with Gasteiger partial charge in [-0.15, -0.1) is 11.3 Å². The Morgan fingerprint density at radius 1 is 1.27 bits per heavy atom. The molecule has 6 nitrogen and oxygen atoms in total. The quantitative estimate of drug-likeness (QED) is 0.843. The van der Waals surface area contributed by atoms with Gasteiger partial charge in [0.15, 0.2) is 0 Å². The van der Waals surface area contributed by atoms with E-state index in [-0.39, 0.29) is 18.5 Å². The molecular weight excluding hydrogens is 350 g/mol. The summed E-state index contributed by atoms with van der Waals surface area (Å²) in [4.78, 5) is 32.0. The van der Waals surface area contributed by atoms with Gasteiger partial charge in [0.1, 0.15) is 10.7 Å².